The first-order chi connectivity index (χ1) is 9.56. The van der Waals surface area contributed by atoms with Crippen LogP contribution in [-0.2, 0) is 16.1 Å². The monoisotopic (exact) mass is 282 g/mol. The number of anilines is 1. The third-order valence-corrected chi connectivity index (χ3v) is 2.60. The van der Waals surface area contributed by atoms with Crippen molar-refractivity contribution in [2.75, 3.05) is 25.4 Å². The Hall–Kier alpha value is -2.12. The molecule has 1 rings (SSSR count). The molecule has 0 aliphatic heterocycles. The zero-order valence-electron chi connectivity index (χ0n) is 12.0. The molecule has 112 valence electrons. The van der Waals surface area contributed by atoms with Gasteiger partial charge in [-0.3, -0.25) is 9.59 Å². The van der Waals surface area contributed by atoms with Crippen LogP contribution in [0.3, 0.4) is 0 Å². The Bertz CT molecular complexity index is 445. The van der Waals surface area contributed by atoms with E-state index in [0.29, 0.717) is 13.1 Å². The van der Waals surface area contributed by atoms with Crippen molar-refractivity contribution in [1.29, 1.82) is 0 Å². The highest BCUT2D eigenvalue weighted by Crippen LogP contribution is 1.97. The molecule has 0 atom stereocenters. The highest BCUT2D eigenvalue weighted by Gasteiger charge is 2.17. The number of hydrogen-bond donors (Lipinski definition) is 2. The molecule has 0 unspecified atom stereocenters. The molecule has 0 saturated heterocycles. The summed E-state index contributed by atoms with van der Waals surface area (Å²) in [6.45, 7) is 5.18. The van der Waals surface area contributed by atoms with Crippen LogP contribution in [0.1, 0.15) is 26.7 Å². The maximum Gasteiger partial charge on any atom is 0.244 e. The van der Waals surface area contributed by atoms with E-state index in [0.717, 1.165) is 12.8 Å². The second-order valence-electron chi connectivity index (χ2n) is 4.47. The molecule has 1 heterocycles. The van der Waals surface area contributed by atoms with Crippen LogP contribution in [0.5, 0.6) is 0 Å². The number of carbonyl (C=O) groups is 2. The largest absolute Gasteiger partial charge is 0.367 e. The Morgan fingerprint density at radius 2 is 2.15 bits per heavy atom. The van der Waals surface area contributed by atoms with E-state index in [9.17, 15) is 9.59 Å². The fourth-order valence-electron chi connectivity index (χ4n) is 1.68. The molecule has 8 heteroatoms. The summed E-state index contributed by atoms with van der Waals surface area (Å²) in [5, 5.41) is 6.61. The van der Waals surface area contributed by atoms with Crippen molar-refractivity contribution in [1.82, 2.24) is 25.0 Å². The Morgan fingerprint density at radius 1 is 1.40 bits per heavy atom. The predicted octanol–water partition coefficient (Wildman–Crippen LogP) is -0.375. The molecule has 1 aromatic heterocycles. The van der Waals surface area contributed by atoms with E-state index in [2.05, 4.69) is 15.4 Å². The van der Waals surface area contributed by atoms with Gasteiger partial charge in [-0.2, -0.15) is 0 Å². The van der Waals surface area contributed by atoms with Crippen LogP contribution < -0.4 is 11.1 Å². The number of nitrogens with one attached hydrogen (secondary N) is 1. The van der Waals surface area contributed by atoms with Crippen LogP contribution in [-0.4, -0.2) is 51.1 Å². The van der Waals surface area contributed by atoms with E-state index >= 15 is 0 Å². The van der Waals surface area contributed by atoms with Crippen LogP contribution in [0, 0.1) is 0 Å². The van der Waals surface area contributed by atoms with Gasteiger partial charge >= 0.3 is 0 Å². The van der Waals surface area contributed by atoms with Gasteiger partial charge in [0.05, 0.1) is 6.54 Å². The van der Waals surface area contributed by atoms with E-state index in [1.54, 1.807) is 0 Å². The number of nitrogens with zero attached hydrogens (tertiary/aromatic N) is 4. The standard InChI is InChI=1S/C12H22N6O2/c1-3-5-14-10(19)7-17(6-4-2)11(20)8-18-9-15-12(13)16-18/h9H,3-8H2,1-2H3,(H2,13,16)(H,14,19). The number of nitrogens with two attached hydrogens (primary N) is 1. The van der Waals surface area contributed by atoms with Gasteiger partial charge in [0.25, 0.3) is 0 Å². The molecular formula is C12H22N6O2. The molecule has 2 amide bonds. The topological polar surface area (TPSA) is 106 Å². The lowest BCUT2D eigenvalue weighted by Crippen LogP contribution is -2.42. The summed E-state index contributed by atoms with van der Waals surface area (Å²) < 4.78 is 1.37. The molecule has 0 fully saturated rings. The van der Waals surface area contributed by atoms with E-state index in [1.807, 2.05) is 13.8 Å². The third kappa shape index (κ3) is 5.25. The zero-order valence-corrected chi connectivity index (χ0v) is 12.0. The van der Waals surface area contributed by atoms with E-state index in [4.69, 9.17) is 5.73 Å². The molecule has 8 nitrogen and oxygen atoms in total. The Balaban J connectivity index is 2.55. The summed E-state index contributed by atoms with van der Waals surface area (Å²) in [6.07, 6.45) is 3.05. The van der Waals surface area contributed by atoms with Crippen molar-refractivity contribution in [2.24, 2.45) is 0 Å². The fraction of sp³-hybridized carbons (Fsp3) is 0.667. The third-order valence-electron chi connectivity index (χ3n) is 2.60. The number of rotatable bonds is 8. The molecule has 0 bridgehead atoms. The first-order valence-electron chi connectivity index (χ1n) is 6.76. The summed E-state index contributed by atoms with van der Waals surface area (Å²) in [4.78, 5) is 29.1. The van der Waals surface area contributed by atoms with Gasteiger partial charge in [-0.25, -0.2) is 9.67 Å². The molecule has 0 saturated carbocycles. The Morgan fingerprint density at radius 3 is 2.70 bits per heavy atom. The summed E-state index contributed by atoms with van der Waals surface area (Å²) in [7, 11) is 0. The fourth-order valence-corrected chi connectivity index (χ4v) is 1.68. The van der Waals surface area contributed by atoms with Crippen molar-refractivity contribution < 1.29 is 9.59 Å². The van der Waals surface area contributed by atoms with Crippen LogP contribution in [0.4, 0.5) is 5.95 Å². The molecule has 1 aromatic rings. The lowest BCUT2D eigenvalue weighted by Gasteiger charge is -2.21. The summed E-state index contributed by atoms with van der Waals surface area (Å²) in [5.41, 5.74) is 5.39. The maximum absolute atomic E-state index is 12.1. The van der Waals surface area contributed by atoms with E-state index in [1.165, 1.54) is 15.9 Å². The molecule has 0 aliphatic carbocycles. The molecular weight excluding hydrogens is 260 g/mol. The molecule has 20 heavy (non-hydrogen) atoms. The molecule has 0 spiro atoms. The SMILES string of the molecule is CCCNC(=O)CN(CCC)C(=O)Cn1cnc(N)n1. The second kappa shape index (κ2) is 8.13. The van der Waals surface area contributed by atoms with Gasteiger partial charge in [-0.1, -0.05) is 13.8 Å². The summed E-state index contributed by atoms with van der Waals surface area (Å²) in [5.74, 6) is -0.198. The quantitative estimate of drug-likeness (QED) is 0.676. The van der Waals surface area contributed by atoms with Crippen LogP contribution in [0.15, 0.2) is 6.33 Å². The predicted molar refractivity (Wildman–Crippen MR) is 74.6 cm³/mol. The Kier molecular flexibility index (Phi) is 6.48. The summed E-state index contributed by atoms with van der Waals surface area (Å²) >= 11 is 0. The second-order valence-corrected chi connectivity index (χ2v) is 4.47. The number of nitrogen functional groups attached to an aromatic ring is 1. The van der Waals surface area contributed by atoms with Gasteiger partial charge in [0.15, 0.2) is 0 Å². The zero-order chi connectivity index (χ0) is 15.0. The van der Waals surface area contributed by atoms with E-state index in [-0.39, 0.29) is 30.9 Å². The molecule has 0 radical (unpaired) electrons. The van der Waals surface area contributed by atoms with E-state index < -0.39 is 0 Å². The minimum atomic E-state index is -0.177. The first-order valence-corrected chi connectivity index (χ1v) is 6.76. The first kappa shape index (κ1) is 15.9. The average Bonchev–Trinajstić information content (AvgIpc) is 2.81. The van der Waals surface area contributed by atoms with Crippen LogP contribution >= 0.6 is 0 Å². The normalized spacial score (nSPS) is 10.3. The number of carbonyl (C=O) groups excluding carboxylic acids is 2. The number of aromatic nitrogens is 3. The van der Waals surface area contributed by atoms with Gasteiger partial charge in [-0.15, -0.1) is 5.10 Å². The van der Waals surface area contributed by atoms with Crippen molar-refractivity contribution in [3.8, 4) is 0 Å². The van der Waals surface area contributed by atoms with Crippen molar-refractivity contribution in [2.45, 2.75) is 33.2 Å². The molecule has 3 N–H and O–H groups in total. The molecule has 0 aromatic carbocycles. The number of hydrogen-bond acceptors (Lipinski definition) is 5. The summed E-state index contributed by atoms with van der Waals surface area (Å²) in [6, 6.07) is 0. The molecule has 0 aliphatic rings. The van der Waals surface area contributed by atoms with Crippen LogP contribution in [0.2, 0.25) is 0 Å². The van der Waals surface area contributed by atoms with Crippen LogP contribution in [0.25, 0.3) is 0 Å². The lowest BCUT2D eigenvalue weighted by molar-refractivity contribution is -0.136. The van der Waals surface area contributed by atoms with Crippen molar-refractivity contribution in [3.63, 3.8) is 0 Å². The Labute approximate surface area is 118 Å². The number of amides is 2. The average molecular weight is 282 g/mol. The lowest BCUT2D eigenvalue weighted by atomic mass is 10.3. The van der Waals surface area contributed by atoms with Gasteiger partial charge in [0, 0.05) is 13.1 Å². The highest BCUT2D eigenvalue weighted by molar-refractivity contribution is 5.84. The minimum Gasteiger partial charge on any atom is -0.367 e. The van der Waals surface area contributed by atoms with Gasteiger partial charge in [-0.05, 0) is 12.8 Å². The van der Waals surface area contributed by atoms with Gasteiger partial charge in [0.1, 0.15) is 12.9 Å². The van der Waals surface area contributed by atoms with Gasteiger partial charge in [0.2, 0.25) is 17.8 Å². The highest BCUT2D eigenvalue weighted by atomic mass is 16.2. The minimum absolute atomic E-state index is 0.0330. The maximum atomic E-state index is 12.1. The van der Waals surface area contributed by atoms with Gasteiger partial charge < -0.3 is 16.0 Å². The van der Waals surface area contributed by atoms with Crippen molar-refractivity contribution in [3.05, 3.63) is 6.33 Å². The smallest absolute Gasteiger partial charge is 0.244 e. The van der Waals surface area contributed by atoms with Crippen molar-refractivity contribution >= 4 is 17.8 Å².